The van der Waals surface area contributed by atoms with Crippen LogP contribution in [-0.2, 0) is 29.0 Å². The Labute approximate surface area is 227 Å². The minimum Gasteiger partial charge on any atom is -0.452 e. The van der Waals surface area contributed by atoms with Gasteiger partial charge in [-0.2, -0.15) is 0 Å². The summed E-state index contributed by atoms with van der Waals surface area (Å²) in [7, 11) is 0. The Balaban J connectivity index is 1.24. The number of para-hydroxylation sites is 2. The fraction of sp³-hybridized carbons (Fsp3) is 0.281. The van der Waals surface area contributed by atoms with E-state index in [2.05, 4.69) is 47.7 Å². The van der Waals surface area contributed by atoms with E-state index in [1.807, 2.05) is 54.6 Å². The van der Waals surface area contributed by atoms with E-state index in [4.69, 9.17) is 9.72 Å². The molecule has 0 atom stereocenters. The number of fused-ring (bicyclic) bond motifs is 5. The molecule has 7 heteroatoms. The molecule has 0 unspecified atom stereocenters. The molecule has 2 aromatic heterocycles. The summed E-state index contributed by atoms with van der Waals surface area (Å²) in [5.41, 5.74) is 6.07. The first-order valence-electron chi connectivity index (χ1n) is 13.6. The van der Waals surface area contributed by atoms with Crippen molar-refractivity contribution in [3.05, 3.63) is 83.6 Å². The van der Waals surface area contributed by atoms with Crippen molar-refractivity contribution >= 4 is 50.3 Å². The number of amides is 1. The van der Waals surface area contributed by atoms with Gasteiger partial charge in [0.15, 0.2) is 6.61 Å². The molecular formula is C32H32N4O3. The summed E-state index contributed by atoms with van der Waals surface area (Å²) in [5, 5.41) is 5.88. The van der Waals surface area contributed by atoms with Crippen molar-refractivity contribution in [2.45, 2.75) is 46.3 Å². The van der Waals surface area contributed by atoms with Crippen molar-refractivity contribution in [3.8, 4) is 0 Å². The van der Waals surface area contributed by atoms with E-state index in [1.54, 1.807) is 0 Å². The summed E-state index contributed by atoms with van der Waals surface area (Å²) in [5.74, 6) is -0.870. The van der Waals surface area contributed by atoms with Crippen LogP contribution in [0.1, 0.15) is 42.4 Å². The molecule has 0 bridgehead atoms. The maximum absolute atomic E-state index is 13.5. The first kappa shape index (κ1) is 25.1. The largest absolute Gasteiger partial charge is 0.452 e. The summed E-state index contributed by atoms with van der Waals surface area (Å²) in [6, 6.07) is 22.1. The number of nitrogens with one attached hydrogen (secondary N) is 1. The van der Waals surface area contributed by atoms with Gasteiger partial charge in [-0.05, 0) is 51.1 Å². The van der Waals surface area contributed by atoms with Gasteiger partial charge < -0.3 is 14.6 Å². The van der Waals surface area contributed by atoms with Crippen LogP contribution in [0.15, 0.2) is 66.7 Å². The van der Waals surface area contributed by atoms with Crippen molar-refractivity contribution in [1.82, 2.24) is 14.5 Å². The molecule has 0 saturated heterocycles. The minimum atomic E-state index is -0.493. The molecule has 1 aliphatic rings. The van der Waals surface area contributed by atoms with Crippen LogP contribution in [0.4, 0.5) is 5.69 Å². The highest BCUT2D eigenvalue weighted by Gasteiger charge is 2.28. The third-order valence-corrected chi connectivity index (χ3v) is 7.72. The second kappa shape index (κ2) is 10.2. The molecular weight excluding hydrogens is 488 g/mol. The number of rotatable bonds is 6. The molecule has 1 aliphatic heterocycles. The number of aromatic nitrogens is 2. The van der Waals surface area contributed by atoms with Crippen LogP contribution in [0.2, 0.25) is 0 Å². The number of carbonyl (C=O) groups excluding carboxylic acids is 2. The van der Waals surface area contributed by atoms with Crippen LogP contribution in [0.5, 0.6) is 0 Å². The first-order valence-corrected chi connectivity index (χ1v) is 13.6. The lowest BCUT2D eigenvalue weighted by atomic mass is 9.95. The maximum Gasteiger partial charge on any atom is 0.339 e. The van der Waals surface area contributed by atoms with Gasteiger partial charge in [0, 0.05) is 76.2 Å². The summed E-state index contributed by atoms with van der Waals surface area (Å²) >= 11 is 0. The lowest BCUT2D eigenvalue weighted by molar-refractivity contribution is -0.119. The van der Waals surface area contributed by atoms with Crippen molar-refractivity contribution in [2.75, 3.05) is 18.5 Å². The number of aryl methyl sites for hydroxylation is 1. The number of benzene rings is 3. The van der Waals surface area contributed by atoms with Gasteiger partial charge in [-0.1, -0.05) is 36.4 Å². The smallest absolute Gasteiger partial charge is 0.339 e. The topological polar surface area (TPSA) is 76.5 Å². The number of nitrogens with zero attached hydrogens (tertiary/aromatic N) is 3. The lowest BCUT2D eigenvalue weighted by Crippen LogP contribution is -2.37. The molecule has 0 fully saturated rings. The molecule has 6 rings (SSSR count). The van der Waals surface area contributed by atoms with Gasteiger partial charge in [-0.25, -0.2) is 4.79 Å². The van der Waals surface area contributed by atoms with Crippen LogP contribution >= 0.6 is 0 Å². The molecule has 7 nitrogen and oxygen atoms in total. The zero-order chi connectivity index (χ0) is 27.1. The van der Waals surface area contributed by atoms with E-state index in [-0.39, 0.29) is 12.5 Å². The predicted molar refractivity (Wildman–Crippen MR) is 155 cm³/mol. The van der Waals surface area contributed by atoms with Crippen LogP contribution < -0.4 is 5.32 Å². The Hall–Kier alpha value is -4.23. The van der Waals surface area contributed by atoms with Crippen LogP contribution in [0, 0.1) is 0 Å². The number of hydrogen-bond donors (Lipinski definition) is 1. The van der Waals surface area contributed by atoms with Crippen LogP contribution in [0.3, 0.4) is 0 Å². The van der Waals surface area contributed by atoms with Crippen molar-refractivity contribution in [1.29, 1.82) is 0 Å². The monoisotopic (exact) mass is 520 g/mol. The Morgan fingerprint density at radius 3 is 2.51 bits per heavy atom. The highest BCUT2D eigenvalue weighted by Crippen LogP contribution is 2.32. The van der Waals surface area contributed by atoms with E-state index < -0.39 is 5.97 Å². The molecule has 0 radical (unpaired) electrons. The lowest BCUT2D eigenvalue weighted by Gasteiger charge is -2.32. The van der Waals surface area contributed by atoms with E-state index in [0.717, 1.165) is 63.5 Å². The molecule has 3 aromatic carbocycles. The summed E-state index contributed by atoms with van der Waals surface area (Å²) in [6.45, 7) is 8.44. The van der Waals surface area contributed by atoms with Gasteiger partial charge in [0.05, 0.1) is 11.1 Å². The molecule has 3 heterocycles. The molecule has 0 spiro atoms. The zero-order valence-electron chi connectivity index (χ0n) is 22.5. The second-order valence-corrected chi connectivity index (χ2v) is 10.4. The van der Waals surface area contributed by atoms with Crippen molar-refractivity contribution in [3.63, 3.8) is 0 Å². The van der Waals surface area contributed by atoms with E-state index >= 15 is 0 Å². The van der Waals surface area contributed by atoms with Gasteiger partial charge in [0.1, 0.15) is 0 Å². The summed E-state index contributed by atoms with van der Waals surface area (Å²) < 4.78 is 7.87. The third kappa shape index (κ3) is 4.53. The second-order valence-electron chi connectivity index (χ2n) is 10.4. The Morgan fingerprint density at radius 2 is 1.72 bits per heavy atom. The van der Waals surface area contributed by atoms with Crippen molar-refractivity contribution < 1.29 is 14.3 Å². The fourth-order valence-electron chi connectivity index (χ4n) is 5.76. The molecule has 5 aromatic rings. The predicted octanol–water partition coefficient (Wildman–Crippen LogP) is 5.92. The zero-order valence-corrected chi connectivity index (χ0v) is 22.5. The van der Waals surface area contributed by atoms with E-state index in [9.17, 15) is 9.59 Å². The highest BCUT2D eigenvalue weighted by molar-refractivity contribution is 6.10. The fourth-order valence-corrected chi connectivity index (χ4v) is 5.76. The Bertz CT molecular complexity index is 1740. The third-order valence-electron chi connectivity index (χ3n) is 7.72. The molecule has 198 valence electrons. The summed E-state index contributed by atoms with van der Waals surface area (Å²) in [6.07, 6.45) is 0.774. The number of pyridine rings is 1. The number of ether oxygens (including phenoxy) is 1. The van der Waals surface area contributed by atoms with Gasteiger partial charge >= 0.3 is 5.97 Å². The van der Waals surface area contributed by atoms with E-state index in [0.29, 0.717) is 23.8 Å². The minimum absolute atomic E-state index is 0.350. The Morgan fingerprint density at radius 1 is 0.974 bits per heavy atom. The number of esters is 1. The van der Waals surface area contributed by atoms with Gasteiger partial charge in [0.2, 0.25) is 0 Å². The van der Waals surface area contributed by atoms with Crippen molar-refractivity contribution in [2.24, 2.45) is 0 Å². The Kier molecular flexibility index (Phi) is 6.53. The molecule has 1 amide bonds. The molecule has 0 saturated carbocycles. The van der Waals surface area contributed by atoms with E-state index in [1.165, 1.54) is 0 Å². The average Bonchev–Trinajstić information content (AvgIpc) is 3.27. The normalized spacial score (nSPS) is 13.7. The SMILES string of the molecule is CCn1c2ccccc2c2cc(NC(=O)COC(=O)c3c4c(nc5ccccc35)CCN(C(C)C)C4)ccc21. The van der Waals surface area contributed by atoms with Gasteiger partial charge in [0.25, 0.3) is 5.91 Å². The van der Waals surface area contributed by atoms with Crippen LogP contribution in [-0.4, -0.2) is 45.5 Å². The number of carbonyl (C=O) groups is 2. The molecule has 0 aliphatic carbocycles. The maximum atomic E-state index is 13.5. The molecule has 39 heavy (non-hydrogen) atoms. The quantitative estimate of drug-likeness (QED) is 0.281. The summed E-state index contributed by atoms with van der Waals surface area (Å²) in [4.78, 5) is 33.5. The standard InChI is InChI=1S/C32H32N4O3/c1-4-36-28-12-8-6-9-22(28)24-17-21(13-14-29(24)36)33-30(37)19-39-32(38)31-23-10-5-7-11-26(23)34-27-15-16-35(20(2)3)18-25(27)31/h5-14,17,20H,4,15-16,18-19H2,1-3H3,(H,33,37). The average molecular weight is 521 g/mol. The number of anilines is 1. The van der Waals surface area contributed by atoms with Gasteiger partial charge in [-0.15, -0.1) is 0 Å². The highest BCUT2D eigenvalue weighted by atomic mass is 16.5. The van der Waals surface area contributed by atoms with Crippen LogP contribution in [0.25, 0.3) is 32.7 Å². The first-order chi connectivity index (χ1) is 18.9. The number of hydrogen-bond acceptors (Lipinski definition) is 5. The van der Waals surface area contributed by atoms with Gasteiger partial charge in [-0.3, -0.25) is 14.7 Å². The molecule has 1 N–H and O–H groups in total.